The Bertz CT molecular complexity index is 764. The third-order valence-corrected chi connectivity index (χ3v) is 3.85. The van der Waals surface area contributed by atoms with Gasteiger partial charge in [0.05, 0.1) is 11.3 Å². The van der Waals surface area contributed by atoms with Gasteiger partial charge in [-0.25, -0.2) is 9.78 Å². The summed E-state index contributed by atoms with van der Waals surface area (Å²) in [6, 6.07) is 5.06. The van der Waals surface area contributed by atoms with E-state index in [0.29, 0.717) is 31.1 Å². The van der Waals surface area contributed by atoms with Crippen molar-refractivity contribution in [2.45, 2.75) is 26.8 Å². The summed E-state index contributed by atoms with van der Waals surface area (Å²) in [6.07, 6.45) is 0.702. The van der Waals surface area contributed by atoms with Crippen molar-refractivity contribution in [2.75, 3.05) is 6.54 Å². The molecule has 0 fully saturated rings. The van der Waals surface area contributed by atoms with Crippen LogP contribution in [-0.4, -0.2) is 33.4 Å². The van der Waals surface area contributed by atoms with E-state index in [0.717, 1.165) is 11.1 Å². The molecule has 0 aliphatic carbocycles. The number of carbonyl (C=O) groups is 2. The van der Waals surface area contributed by atoms with Gasteiger partial charge in [0.2, 0.25) is 5.76 Å². The molecule has 1 N–H and O–H groups in total. The molecule has 114 valence electrons. The van der Waals surface area contributed by atoms with E-state index in [9.17, 15) is 9.59 Å². The number of carbonyl (C=O) groups excluding carboxylic acids is 1. The molecule has 1 aromatic carbocycles. The number of carboxylic acids is 1. The first kappa shape index (κ1) is 14.3. The van der Waals surface area contributed by atoms with Crippen LogP contribution in [0, 0.1) is 13.8 Å². The zero-order valence-corrected chi connectivity index (χ0v) is 12.4. The Morgan fingerprint density at radius 3 is 2.68 bits per heavy atom. The first-order valence-electron chi connectivity index (χ1n) is 7.04. The van der Waals surface area contributed by atoms with Gasteiger partial charge in [-0.3, -0.25) is 4.79 Å². The second-order valence-corrected chi connectivity index (χ2v) is 5.41. The quantitative estimate of drug-likeness (QED) is 0.919. The number of benzene rings is 1. The van der Waals surface area contributed by atoms with E-state index in [1.165, 1.54) is 0 Å². The Balaban J connectivity index is 1.87. The molecule has 0 saturated heterocycles. The molecule has 1 aliphatic heterocycles. The zero-order chi connectivity index (χ0) is 15.9. The summed E-state index contributed by atoms with van der Waals surface area (Å²) in [4.78, 5) is 29.4. The van der Waals surface area contributed by atoms with Crippen molar-refractivity contribution in [1.82, 2.24) is 9.88 Å². The SMILES string of the molecule is Cc1nc(C)c(C(=O)N2CCc3ccc(C(=O)O)cc3C2)o1. The van der Waals surface area contributed by atoms with Crippen LogP contribution < -0.4 is 0 Å². The van der Waals surface area contributed by atoms with Gasteiger partial charge in [0, 0.05) is 20.0 Å². The Kier molecular flexibility index (Phi) is 3.44. The third kappa shape index (κ3) is 2.47. The Hall–Kier alpha value is -2.63. The fraction of sp³-hybridized carbons (Fsp3) is 0.312. The molecule has 1 aromatic heterocycles. The van der Waals surface area contributed by atoms with Gasteiger partial charge >= 0.3 is 5.97 Å². The van der Waals surface area contributed by atoms with Crippen molar-refractivity contribution >= 4 is 11.9 Å². The lowest BCUT2D eigenvalue weighted by atomic mass is 9.97. The van der Waals surface area contributed by atoms with Gasteiger partial charge in [-0.1, -0.05) is 6.07 Å². The van der Waals surface area contributed by atoms with E-state index in [1.807, 2.05) is 6.07 Å². The molecule has 22 heavy (non-hydrogen) atoms. The topological polar surface area (TPSA) is 83.6 Å². The van der Waals surface area contributed by atoms with Crippen LogP contribution in [0.3, 0.4) is 0 Å². The molecule has 2 heterocycles. The molecule has 2 aromatic rings. The molecular weight excluding hydrogens is 284 g/mol. The summed E-state index contributed by atoms with van der Waals surface area (Å²) in [5.41, 5.74) is 2.76. The predicted octanol–water partition coefficient (Wildman–Crippen LogP) is 2.19. The molecule has 6 nitrogen and oxygen atoms in total. The predicted molar refractivity (Wildman–Crippen MR) is 77.8 cm³/mol. The Morgan fingerprint density at radius 1 is 1.27 bits per heavy atom. The number of aryl methyl sites for hydroxylation is 2. The number of rotatable bonds is 2. The maximum atomic E-state index is 12.5. The summed E-state index contributed by atoms with van der Waals surface area (Å²) in [5.74, 6) is -0.445. The van der Waals surface area contributed by atoms with E-state index < -0.39 is 5.97 Å². The molecule has 0 unspecified atom stereocenters. The summed E-state index contributed by atoms with van der Waals surface area (Å²) in [7, 11) is 0. The number of carboxylic acid groups (broad SMARTS) is 1. The van der Waals surface area contributed by atoms with E-state index in [2.05, 4.69) is 4.98 Å². The van der Waals surface area contributed by atoms with E-state index in [1.54, 1.807) is 30.9 Å². The standard InChI is InChI=1S/C16H16N2O4/c1-9-14(22-10(2)17-9)15(19)18-6-5-11-3-4-12(16(20)21)7-13(11)8-18/h3-4,7H,5-6,8H2,1-2H3,(H,20,21). The highest BCUT2D eigenvalue weighted by molar-refractivity contribution is 5.93. The van der Waals surface area contributed by atoms with Crippen molar-refractivity contribution in [3.8, 4) is 0 Å². The summed E-state index contributed by atoms with van der Waals surface area (Å²) in [5, 5.41) is 9.07. The normalized spacial score (nSPS) is 13.8. The number of aromatic carboxylic acids is 1. The first-order chi connectivity index (χ1) is 10.5. The molecule has 0 saturated carbocycles. The van der Waals surface area contributed by atoms with Gasteiger partial charge in [-0.15, -0.1) is 0 Å². The zero-order valence-electron chi connectivity index (χ0n) is 12.4. The van der Waals surface area contributed by atoms with Crippen LogP contribution in [0.4, 0.5) is 0 Å². The maximum absolute atomic E-state index is 12.5. The molecule has 1 aliphatic rings. The monoisotopic (exact) mass is 300 g/mol. The van der Waals surface area contributed by atoms with Crippen molar-refractivity contribution in [3.63, 3.8) is 0 Å². The number of oxazole rings is 1. The van der Waals surface area contributed by atoms with Crippen LogP contribution in [0.1, 0.15) is 43.6 Å². The lowest BCUT2D eigenvalue weighted by molar-refractivity contribution is 0.0696. The number of nitrogens with zero attached hydrogens (tertiary/aromatic N) is 2. The molecule has 6 heteroatoms. The largest absolute Gasteiger partial charge is 0.478 e. The lowest BCUT2D eigenvalue weighted by Gasteiger charge is -2.28. The van der Waals surface area contributed by atoms with Crippen LogP contribution in [0.15, 0.2) is 22.6 Å². The van der Waals surface area contributed by atoms with Crippen LogP contribution in [-0.2, 0) is 13.0 Å². The molecular formula is C16H16N2O4. The summed E-state index contributed by atoms with van der Waals surface area (Å²) < 4.78 is 5.38. The van der Waals surface area contributed by atoms with Crippen LogP contribution in [0.25, 0.3) is 0 Å². The fourth-order valence-electron chi connectivity index (χ4n) is 2.74. The summed E-state index contributed by atoms with van der Waals surface area (Å²) in [6.45, 7) is 4.41. The molecule has 0 spiro atoms. The third-order valence-electron chi connectivity index (χ3n) is 3.85. The lowest BCUT2D eigenvalue weighted by Crippen LogP contribution is -2.36. The second-order valence-electron chi connectivity index (χ2n) is 5.41. The van der Waals surface area contributed by atoms with E-state index in [-0.39, 0.29) is 17.2 Å². The second kappa shape index (κ2) is 5.29. The number of amides is 1. The highest BCUT2D eigenvalue weighted by Gasteiger charge is 2.26. The minimum Gasteiger partial charge on any atom is -0.478 e. The van der Waals surface area contributed by atoms with E-state index in [4.69, 9.17) is 9.52 Å². The van der Waals surface area contributed by atoms with Crippen LogP contribution >= 0.6 is 0 Å². The maximum Gasteiger partial charge on any atom is 0.335 e. The van der Waals surface area contributed by atoms with Crippen molar-refractivity contribution in [1.29, 1.82) is 0 Å². The number of hydrogen-bond donors (Lipinski definition) is 1. The van der Waals surface area contributed by atoms with Gasteiger partial charge in [0.1, 0.15) is 0 Å². The van der Waals surface area contributed by atoms with Gasteiger partial charge in [0.25, 0.3) is 5.91 Å². The number of hydrogen-bond acceptors (Lipinski definition) is 4. The van der Waals surface area contributed by atoms with Crippen LogP contribution in [0.2, 0.25) is 0 Å². The van der Waals surface area contributed by atoms with Gasteiger partial charge in [0.15, 0.2) is 5.89 Å². The number of fused-ring (bicyclic) bond motifs is 1. The molecule has 0 bridgehead atoms. The van der Waals surface area contributed by atoms with Gasteiger partial charge in [-0.05, 0) is 36.6 Å². The minimum atomic E-state index is -0.965. The van der Waals surface area contributed by atoms with Crippen molar-refractivity contribution in [3.05, 3.63) is 52.2 Å². The average molecular weight is 300 g/mol. The minimum absolute atomic E-state index is 0.204. The van der Waals surface area contributed by atoms with Gasteiger partial charge < -0.3 is 14.4 Å². The summed E-state index contributed by atoms with van der Waals surface area (Å²) >= 11 is 0. The van der Waals surface area contributed by atoms with Gasteiger partial charge in [-0.2, -0.15) is 0 Å². The highest BCUT2D eigenvalue weighted by atomic mass is 16.4. The average Bonchev–Trinajstić information content (AvgIpc) is 2.84. The Labute approximate surface area is 127 Å². The van der Waals surface area contributed by atoms with Crippen molar-refractivity contribution in [2.24, 2.45) is 0 Å². The smallest absolute Gasteiger partial charge is 0.335 e. The van der Waals surface area contributed by atoms with Crippen LogP contribution in [0.5, 0.6) is 0 Å². The fourth-order valence-corrected chi connectivity index (χ4v) is 2.74. The molecule has 0 radical (unpaired) electrons. The number of aromatic nitrogens is 1. The van der Waals surface area contributed by atoms with E-state index >= 15 is 0 Å². The van der Waals surface area contributed by atoms with Crippen molar-refractivity contribution < 1.29 is 19.1 Å². The Morgan fingerprint density at radius 2 is 2.05 bits per heavy atom. The first-order valence-corrected chi connectivity index (χ1v) is 7.04. The molecule has 0 atom stereocenters. The molecule has 3 rings (SSSR count). The highest BCUT2D eigenvalue weighted by Crippen LogP contribution is 2.23. The molecule has 1 amide bonds.